The highest BCUT2D eigenvalue weighted by Gasteiger charge is 2.14. The number of para-hydroxylation sites is 1. The van der Waals surface area contributed by atoms with Crippen molar-refractivity contribution >= 4 is 17.2 Å². The Morgan fingerprint density at radius 3 is 2.83 bits per heavy atom. The van der Waals surface area contributed by atoms with E-state index in [4.69, 9.17) is 0 Å². The lowest BCUT2D eigenvalue weighted by Crippen LogP contribution is -1.84. The third-order valence-electron chi connectivity index (χ3n) is 2.89. The van der Waals surface area contributed by atoms with Crippen LogP contribution in [0.1, 0.15) is 10.4 Å². The number of carbonyl (C=O) groups excluding carboxylic acids is 1. The molecule has 0 bridgehead atoms. The average molecular weight is 240 g/mol. The van der Waals surface area contributed by atoms with E-state index in [-0.39, 0.29) is 5.82 Å². The second-order valence-electron chi connectivity index (χ2n) is 3.94. The van der Waals surface area contributed by atoms with Gasteiger partial charge in [0.25, 0.3) is 0 Å². The van der Waals surface area contributed by atoms with Crippen molar-refractivity contribution in [2.75, 3.05) is 0 Å². The third kappa shape index (κ3) is 1.50. The normalized spacial score (nSPS) is 10.7. The molecule has 88 valence electrons. The molecule has 0 aliphatic heterocycles. The minimum Gasteiger partial charge on any atom is -0.351 e. The van der Waals surface area contributed by atoms with Gasteiger partial charge in [0.05, 0.1) is 11.2 Å². The molecule has 0 amide bonds. The fourth-order valence-electron chi connectivity index (χ4n) is 2.06. The summed E-state index contributed by atoms with van der Waals surface area (Å²) in [6.07, 6.45) is 4.02. The average Bonchev–Trinajstić information content (AvgIpc) is 2.80. The Bertz CT molecular complexity index is 719. The first-order chi connectivity index (χ1) is 8.81. The van der Waals surface area contributed by atoms with E-state index in [2.05, 4.69) is 9.97 Å². The smallest absolute Gasteiger partial charge is 0.152 e. The van der Waals surface area contributed by atoms with Crippen molar-refractivity contribution < 1.29 is 9.18 Å². The largest absolute Gasteiger partial charge is 0.351 e. The zero-order valence-electron chi connectivity index (χ0n) is 9.35. The van der Waals surface area contributed by atoms with Crippen LogP contribution in [0.5, 0.6) is 0 Å². The van der Waals surface area contributed by atoms with Crippen LogP contribution in [-0.4, -0.2) is 16.3 Å². The van der Waals surface area contributed by atoms with Crippen molar-refractivity contribution in [2.45, 2.75) is 0 Å². The van der Waals surface area contributed by atoms with Gasteiger partial charge in [-0.3, -0.25) is 9.78 Å². The lowest BCUT2D eigenvalue weighted by Gasteiger charge is -1.97. The van der Waals surface area contributed by atoms with Crippen LogP contribution in [0.3, 0.4) is 0 Å². The summed E-state index contributed by atoms with van der Waals surface area (Å²) >= 11 is 0. The Morgan fingerprint density at radius 1 is 1.22 bits per heavy atom. The highest BCUT2D eigenvalue weighted by molar-refractivity contribution is 6.04. The number of benzene rings is 1. The molecule has 0 unspecified atom stereocenters. The molecule has 1 aromatic carbocycles. The summed E-state index contributed by atoms with van der Waals surface area (Å²) in [5.74, 6) is -0.370. The Balaban J connectivity index is 2.37. The quantitative estimate of drug-likeness (QED) is 0.699. The van der Waals surface area contributed by atoms with Crippen LogP contribution in [-0.2, 0) is 0 Å². The summed E-state index contributed by atoms with van der Waals surface area (Å²) in [6.45, 7) is 0. The summed E-state index contributed by atoms with van der Waals surface area (Å²) in [7, 11) is 0. The summed E-state index contributed by atoms with van der Waals surface area (Å²) in [5, 5.41) is 0.587. The van der Waals surface area contributed by atoms with Gasteiger partial charge in [-0.05, 0) is 18.2 Å². The Hall–Kier alpha value is -2.49. The number of hydrogen-bond donors (Lipinski definition) is 1. The molecule has 18 heavy (non-hydrogen) atoms. The second-order valence-corrected chi connectivity index (χ2v) is 3.94. The number of aromatic nitrogens is 2. The molecule has 0 saturated carbocycles. The Morgan fingerprint density at radius 2 is 2.11 bits per heavy atom. The van der Waals surface area contributed by atoms with Gasteiger partial charge >= 0.3 is 0 Å². The summed E-state index contributed by atoms with van der Waals surface area (Å²) in [4.78, 5) is 18.2. The zero-order valence-corrected chi connectivity index (χ0v) is 9.35. The Kier molecular flexibility index (Phi) is 2.41. The molecule has 0 aliphatic rings. The van der Waals surface area contributed by atoms with Crippen LogP contribution in [0.25, 0.3) is 22.2 Å². The van der Waals surface area contributed by atoms with E-state index in [1.54, 1.807) is 30.6 Å². The number of halogens is 1. The van der Waals surface area contributed by atoms with Gasteiger partial charge in [0, 0.05) is 28.9 Å². The van der Waals surface area contributed by atoms with Crippen LogP contribution >= 0.6 is 0 Å². The van der Waals surface area contributed by atoms with E-state index in [0.29, 0.717) is 22.2 Å². The first kappa shape index (κ1) is 10.7. The van der Waals surface area contributed by atoms with E-state index >= 15 is 0 Å². The van der Waals surface area contributed by atoms with Gasteiger partial charge in [0.2, 0.25) is 0 Å². The van der Waals surface area contributed by atoms with E-state index < -0.39 is 0 Å². The first-order valence-corrected chi connectivity index (χ1v) is 5.47. The minimum absolute atomic E-state index is 0.346. The van der Waals surface area contributed by atoms with E-state index in [1.165, 1.54) is 6.07 Å². The number of nitrogens with one attached hydrogen (secondary N) is 1. The van der Waals surface area contributed by atoms with Crippen LogP contribution in [0.15, 0.2) is 42.7 Å². The first-order valence-electron chi connectivity index (χ1n) is 5.47. The van der Waals surface area contributed by atoms with Gasteiger partial charge in [-0.2, -0.15) is 0 Å². The number of nitrogens with zero attached hydrogens (tertiary/aromatic N) is 1. The molecule has 0 radical (unpaired) electrons. The number of H-pyrrole nitrogens is 1. The standard InChI is InChI=1S/C14H9FN2O/c15-12-5-1-4-10-11(8-18)13(17-14(10)12)9-3-2-6-16-7-9/h1-8,17H. The van der Waals surface area contributed by atoms with Crippen LogP contribution in [0.2, 0.25) is 0 Å². The molecule has 3 rings (SSSR count). The predicted octanol–water partition coefficient (Wildman–Crippen LogP) is 3.18. The molecule has 0 spiro atoms. The summed E-state index contributed by atoms with van der Waals surface area (Å²) < 4.78 is 13.7. The number of hydrogen-bond acceptors (Lipinski definition) is 2. The second kappa shape index (κ2) is 4.07. The third-order valence-corrected chi connectivity index (χ3v) is 2.89. The number of aldehydes is 1. The van der Waals surface area contributed by atoms with Crippen molar-refractivity contribution in [2.24, 2.45) is 0 Å². The van der Waals surface area contributed by atoms with Crippen LogP contribution in [0.4, 0.5) is 4.39 Å². The molecule has 2 aromatic heterocycles. The highest BCUT2D eigenvalue weighted by atomic mass is 19.1. The highest BCUT2D eigenvalue weighted by Crippen LogP contribution is 2.29. The van der Waals surface area contributed by atoms with Gasteiger partial charge in [-0.1, -0.05) is 12.1 Å². The molecule has 0 saturated heterocycles. The fraction of sp³-hybridized carbons (Fsp3) is 0. The lowest BCUT2D eigenvalue weighted by molar-refractivity contribution is 0.112. The van der Waals surface area contributed by atoms with Gasteiger partial charge < -0.3 is 4.98 Å². The van der Waals surface area contributed by atoms with Gasteiger partial charge in [-0.25, -0.2) is 4.39 Å². The monoisotopic (exact) mass is 240 g/mol. The van der Waals surface area contributed by atoms with Gasteiger partial charge in [0.15, 0.2) is 6.29 Å². The number of fused-ring (bicyclic) bond motifs is 1. The maximum Gasteiger partial charge on any atom is 0.152 e. The molecule has 0 fully saturated rings. The number of pyridine rings is 1. The molecular formula is C14H9FN2O. The topological polar surface area (TPSA) is 45.8 Å². The molecule has 1 N–H and O–H groups in total. The summed E-state index contributed by atoms with van der Waals surface area (Å²) in [5.41, 5.74) is 2.16. The van der Waals surface area contributed by atoms with E-state index in [1.807, 2.05) is 6.07 Å². The van der Waals surface area contributed by atoms with Crippen molar-refractivity contribution in [3.8, 4) is 11.3 Å². The number of rotatable bonds is 2. The van der Waals surface area contributed by atoms with Crippen molar-refractivity contribution in [1.82, 2.24) is 9.97 Å². The van der Waals surface area contributed by atoms with Crippen LogP contribution < -0.4 is 0 Å². The maximum absolute atomic E-state index is 13.7. The van der Waals surface area contributed by atoms with E-state index in [0.717, 1.165) is 11.8 Å². The van der Waals surface area contributed by atoms with E-state index in [9.17, 15) is 9.18 Å². The lowest BCUT2D eigenvalue weighted by atomic mass is 10.1. The maximum atomic E-state index is 13.7. The zero-order chi connectivity index (χ0) is 12.5. The minimum atomic E-state index is -0.370. The molecule has 3 aromatic rings. The molecule has 2 heterocycles. The van der Waals surface area contributed by atoms with Crippen molar-refractivity contribution in [1.29, 1.82) is 0 Å². The van der Waals surface area contributed by atoms with Crippen molar-refractivity contribution in [3.63, 3.8) is 0 Å². The van der Waals surface area contributed by atoms with Gasteiger partial charge in [0.1, 0.15) is 5.82 Å². The Labute approximate surface area is 102 Å². The molecule has 0 aliphatic carbocycles. The van der Waals surface area contributed by atoms with Gasteiger partial charge in [-0.15, -0.1) is 0 Å². The summed E-state index contributed by atoms with van der Waals surface area (Å²) in [6, 6.07) is 8.26. The fourth-order valence-corrected chi connectivity index (χ4v) is 2.06. The SMILES string of the molecule is O=Cc1c(-c2cccnc2)[nH]c2c(F)cccc12. The number of aromatic amines is 1. The molecular weight excluding hydrogens is 231 g/mol. The van der Waals surface area contributed by atoms with Crippen molar-refractivity contribution in [3.05, 3.63) is 54.1 Å². The molecule has 3 nitrogen and oxygen atoms in total. The molecule has 0 atom stereocenters. The molecule has 4 heteroatoms. The number of carbonyl (C=O) groups is 1. The predicted molar refractivity (Wildman–Crippen MR) is 66.9 cm³/mol. The van der Waals surface area contributed by atoms with Crippen LogP contribution in [0, 0.1) is 5.82 Å².